The Balaban J connectivity index is 1.84. The van der Waals surface area contributed by atoms with Crippen molar-refractivity contribution >= 4 is 11.3 Å². The first-order valence-corrected chi connectivity index (χ1v) is 6.04. The summed E-state index contributed by atoms with van der Waals surface area (Å²) in [6.07, 6.45) is 3.43. The number of hydrogen-bond donors (Lipinski definition) is 1. The second-order valence-electron chi connectivity index (χ2n) is 3.97. The van der Waals surface area contributed by atoms with Crippen molar-refractivity contribution in [2.75, 3.05) is 13.2 Å². The number of aliphatic hydroxyl groups is 1. The SMILES string of the molecule is OC1(CCc2ccsc2)CCOCC1. The molecule has 0 radical (unpaired) electrons. The molecule has 14 heavy (non-hydrogen) atoms. The Kier molecular flexibility index (Phi) is 3.21. The lowest BCUT2D eigenvalue weighted by Gasteiger charge is -2.31. The van der Waals surface area contributed by atoms with E-state index in [2.05, 4.69) is 16.8 Å². The van der Waals surface area contributed by atoms with Crippen molar-refractivity contribution in [2.45, 2.75) is 31.3 Å². The van der Waals surface area contributed by atoms with E-state index in [0.29, 0.717) is 13.2 Å². The average Bonchev–Trinajstić information content (AvgIpc) is 2.69. The molecule has 1 saturated heterocycles. The van der Waals surface area contributed by atoms with Crippen molar-refractivity contribution < 1.29 is 9.84 Å². The van der Waals surface area contributed by atoms with Crippen LogP contribution in [0.15, 0.2) is 16.8 Å². The second kappa shape index (κ2) is 4.43. The van der Waals surface area contributed by atoms with Crippen LogP contribution in [0.4, 0.5) is 0 Å². The molecule has 2 nitrogen and oxygen atoms in total. The quantitative estimate of drug-likeness (QED) is 0.832. The molecule has 1 aromatic rings. The fraction of sp³-hybridized carbons (Fsp3) is 0.636. The van der Waals surface area contributed by atoms with Gasteiger partial charge in [-0.05, 0) is 48.1 Å². The molecule has 1 aromatic heterocycles. The molecule has 2 heterocycles. The van der Waals surface area contributed by atoms with Gasteiger partial charge >= 0.3 is 0 Å². The third-order valence-corrected chi connectivity index (χ3v) is 3.61. The van der Waals surface area contributed by atoms with Crippen LogP contribution in [-0.2, 0) is 11.2 Å². The van der Waals surface area contributed by atoms with Crippen LogP contribution < -0.4 is 0 Å². The average molecular weight is 212 g/mol. The Bertz CT molecular complexity index is 263. The Morgan fingerprint density at radius 3 is 2.86 bits per heavy atom. The van der Waals surface area contributed by atoms with E-state index >= 15 is 0 Å². The zero-order valence-electron chi connectivity index (χ0n) is 8.24. The molecule has 78 valence electrons. The van der Waals surface area contributed by atoms with Crippen LogP contribution >= 0.6 is 11.3 Å². The Morgan fingerprint density at radius 2 is 2.21 bits per heavy atom. The van der Waals surface area contributed by atoms with Gasteiger partial charge in [0.05, 0.1) is 5.60 Å². The molecule has 1 fully saturated rings. The summed E-state index contributed by atoms with van der Waals surface area (Å²) in [6, 6.07) is 2.13. The fourth-order valence-electron chi connectivity index (χ4n) is 1.81. The van der Waals surface area contributed by atoms with Crippen molar-refractivity contribution in [2.24, 2.45) is 0 Å². The van der Waals surface area contributed by atoms with Crippen molar-refractivity contribution in [1.29, 1.82) is 0 Å². The van der Waals surface area contributed by atoms with Crippen molar-refractivity contribution in [3.05, 3.63) is 22.4 Å². The second-order valence-corrected chi connectivity index (χ2v) is 4.75. The third-order valence-electron chi connectivity index (χ3n) is 2.88. The summed E-state index contributed by atoms with van der Waals surface area (Å²) >= 11 is 1.72. The standard InChI is InChI=1S/C11H16O2S/c12-11(4-6-13-7-5-11)3-1-10-2-8-14-9-10/h2,8-9,12H,1,3-7H2. The van der Waals surface area contributed by atoms with Gasteiger partial charge in [0.2, 0.25) is 0 Å². The van der Waals surface area contributed by atoms with Crippen LogP contribution in [0.25, 0.3) is 0 Å². The highest BCUT2D eigenvalue weighted by molar-refractivity contribution is 7.07. The summed E-state index contributed by atoms with van der Waals surface area (Å²) < 4.78 is 5.24. The molecule has 1 N–H and O–H groups in total. The lowest BCUT2D eigenvalue weighted by molar-refractivity contribution is -0.0676. The van der Waals surface area contributed by atoms with Crippen LogP contribution in [0.3, 0.4) is 0 Å². The van der Waals surface area contributed by atoms with E-state index in [0.717, 1.165) is 25.7 Å². The Labute approximate surface area is 88.5 Å². The van der Waals surface area contributed by atoms with Crippen molar-refractivity contribution in [3.63, 3.8) is 0 Å². The van der Waals surface area contributed by atoms with Gasteiger partial charge in [-0.3, -0.25) is 0 Å². The minimum absolute atomic E-state index is 0.472. The molecule has 0 unspecified atom stereocenters. The van der Waals surface area contributed by atoms with Gasteiger partial charge in [0.25, 0.3) is 0 Å². The molecule has 3 heteroatoms. The summed E-state index contributed by atoms with van der Waals surface area (Å²) in [5.74, 6) is 0. The third kappa shape index (κ3) is 2.56. The molecule has 0 atom stereocenters. The maximum atomic E-state index is 10.2. The lowest BCUT2D eigenvalue weighted by atomic mass is 9.88. The molecule has 0 saturated carbocycles. The molecule has 0 spiro atoms. The van der Waals surface area contributed by atoms with Gasteiger partial charge in [-0.2, -0.15) is 11.3 Å². The smallest absolute Gasteiger partial charge is 0.0694 e. The highest BCUT2D eigenvalue weighted by Gasteiger charge is 2.29. The zero-order chi connectivity index (χ0) is 9.86. The zero-order valence-corrected chi connectivity index (χ0v) is 9.05. The first-order valence-electron chi connectivity index (χ1n) is 5.10. The van der Waals surface area contributed by atoms with Crippen LogP contribution in [0, 0.1) is 0 Å². The normalized spacial score (nSPS) is 20.9. The van der Waals surface area contributed by atoms with Gasteiger partial charge in [-0.1, -0.05) is 0 Å². The number of thiophene rings is 1. The van der Waals surface area contributed by atoms with Crippen molar-refractivity contribution in [1.82, 2.24) is 0 Å². The van der Waals surface area contributed by atoms with Gasteiger partial charge in [-0.15, -0.1) is 0 Å². The molecule has 1 aliphatic heterocycles. The monoisotopic (exact) mass is 212 g/mol. The minimum Gasteiger partial charge on any atom is -0.390 e. The number of aryl methyl sites for hydroxylation is 1. The van der Waals surface area contributed by atoms with E-state index < -0.39 is 5.60 Å². The van der Waals surface area contributed by atoms with Crippen molar-refractivity contribution in [3.8, 4) is 0 Å². The van der Waals surface area contributed by atoms with Crippen LogP contribution in [-0.4, -0.2) is 23.9 Å². The van der Waals surface area contributed by atoms with Crippen LogP contribution in [0.2, 0.25) is 0 Å². The fourth-order valence-corrected chi connectivity index (χ4v) is 2.52. The summed E-state index contributed by atoms with van der Waals surface area (Å²) in [5, 5.41) is 14.4. The van der Waals surface area contributed by atoms with E-state index in [1.807, 2.05) is 0 Å². The predicted octanol–water partition coefficient (Wildman–Crippen LogP) is 2.22. The van der Waals surface area contributed by atoms with E-state index in [-0.39, 0.29) is 0 Å². The molecular weight excluding hydrogens is 196 g/mol. The molecule has 1 aliphatic rings. The molecular formula is C11H16O2S. The largest absolute Gasteiger partial charge is 0.390 e. The van der Waals surface area contributed by atoms with Crippen LogP contribution in [0.1, 0.15) is 24.8 Å². The maximum absolute atomic E-state index is 10.2. The first-order chi connectivity index (χ1) is 6.79. The highest BCUT2D eigenvalue weighted by atomic mass is 32.1. The summed E-state index contributed by atoms with van der Waals surface area (Å²) in [5.41, 5.74) is 0.870. The molecule has 2 rings (SSSR count). The summed E-state index contributed by atoms with van der Waals surface area (Å²) in [6.45, 7) is 1.42. The Hall–Kier alpha value is -0.380. The van der Waals surface area contributed by atoms with Gasteiger partial charge in [-0.25, -0.2) is 0 Å². The summed E-state index contributed by atoms with van der Waals surface area (Å²) in [4.78, 5) is 0. The summed E-state index contributed by atoms with van der Waals surface area (Å²) in [7, 11) is 0. The molecule has 0 bridgehead atoms. The lowest BCUT2D eigenvalue weighted by Crippen LogP contribution is -2.36. The highest BCUT2D eigenvalue weighted by Crippen LogP contribution is 2.26. The number of hydrogen-bond acceptors (Lipinski definition) is 3. The van der Waals surface area contributed by atoms with Gasteiger partial charge in [0.1, 0.15) is 0 Å². The number of rotatable bonds is 3. The molecule has 0 aromatic carbocycles. The predicted molar refractivity (Wildman–Crippen MR) is 57.6 cm³/mol. The van der Waals surface area contributed by atoms with Crippen LogP contribution in [0.5, 0.6) is 0 Å². The van der Waals surface area contributed by atoms with E-state index in [9.17, 15) is 5.11 Å². The number of ether oxygens (including phenoxy) is 1. The Morgan fingerprint density at radius 1 is 1.43 bits per heavy atom. The first kappa shape index (κ1) is 10.1. The molecule has 0 aliphatic carbocycles. The van der Waals surface area contributed by atoms with Gasteiger partial charge in [0.15, 0.2) is 0 Å². The van der Waals surface area contributed by atoms with E-state index in [4.69, 9.17) is 4.74 Å². The van der Waals surface area contributed by atoms with Gasteiger partial charge < -0.3 is 9.84 Å². The van der Waals surface area contributed by atoms with E-state index in [1.165, 1.54) is 5.56 Å². The van der Waals surface area contributed by atoms with E-state index in [1.54, 1.807) is 11.3 Å². The molecule has 0 amide bonds. The topological polar surface area (TPSA) is 29.5 Å². The van der Waals surface area contributed by atoms with Gasteiger partial charge in [0, 0.05) is 13.2 Å². The minimum atomic E-state index is -0.472. The maximum Gasteiger partial charge on any atom is 0.0694 e.